The summed E-state index contributed by atoms with van der Waals surface area (Å²) < 4.78 is 48.7. The van der Waals surface area contributed by atoms with Gasteiger partial charge in [-0.15, -0.1) is 0 Å². The third-order valence-corrected chi connectivity index (χ3v) is 13.2. The Morgan fingerprint density at radius 1 is 0.900 bits per heavy atom. The van der Waals surface area contributed by atoms with Gasteiger partial charge in [-0.05, 0) is 92.6 Å². The zero-order valence-corrected chi connectivity index (χ0v) is 41.7. The van der Waals surface area contributed by atoms with E-state index in [1.165, 1.54) is 6.33 Å². The van der Waals surface area contributed by atoms with Gasteiger partial charge < -0.3 is 32.7 Å². The molecule has 70 heavy (non-hydrogen) atoms. The first-order valence-corrected chi connectivity index (χ1v) is 24.6. The van der Waals surface area contributed by atoms with E-state index >= 15 is 0 Å². The SMILES string of the molecule is CCCN(CCC)P(OCCC#N)OC1C[C@H](n2nc(C#CCOC(=O)c3ccc(C)cc3)c3c(N=C(C)C)ncnc32)O[C@@H]1COC(c1ccccc1)(c1ccc(OC)cc1)c1ccc(OC)cc1. The van der Waals surface area contributed by atoms with Crippen molar-refractivity contribution < 1.29 is 37.5 Å². The summed E-state index contributed by atoms with van der Waals surface area (Å²) >= 11 is 0. The molecule has 1 saturated heterocycles. The number of nitrogens with zero attached hydrogens (tertiary/aromatic N) is 7. The Hall–Kier alpha value is -6.55. The van der Waals surface area contributed by atoms with Gasteiger partial charge in [-0.1, -0.05) is 92.1 Å². The molecular weight excluding hydrogens is 906 g/mol. The van der Waals surface area contributed by atoms with Crippen LogP contribution in [0.5, 0.6) is 11.5 Å². The number of ether oxygens (including phenoxy) is 5. The van der Waals surface area contributed by atoms with E-state index in [-0.39, 0.29) is 26.2 Å². The summed E-state index contributed by atoms with van der Waals surface area (Å²) in [5.41, 5.74) is 4.47. The van der Waals surface area contributed by atoms with Crippen LogP contribution in [0.1, 0.15) is 97.9 Å². The van der Waals surface area contributed by atoms with Gasteiger partial charge in [0.15, 0.2) is 24.3 Å². The number of hydrogen-bond donors (Lipinski definition) is 0. The predicted octanol–water partition coefficient (Wildman–Crippen LogP) is 10.4. The monoisotopic (exact) mass is 965 g/mol. The van der Waals surface area contributed by atoms with E-state index in [2.05, 4.69) is 53.5 Å². The lowest BCUT2D eigenvalue weighted by atomic mass is 9.80. The summed E-state index contributed by atoms with van der Waals surface area (Å²) in [4.78, 5) is 26.8. The molecule has 3 heterocycles. The minimum absolute atomic E-state index is 0.0504. The molecule has 1 aliphatic heterocycles. The Labute approximate surface area is 411 Å². The molecule has 1 fully saturated rings. The number of nitriles is 1. The fraction of sp³-hybridized carbons (Fsp3) is 0.370. The molecule has 0 spiro atoms. The Balaban J connectivity index is 1.31. The molecule has 0 aliphatic carbocycles. The number of carbonyl (C=O) groups excluding carboxylic acids is 1. The van der Waals surface area contributed by atoms with Gasteiger partial charge in [0.1, 0.15) is 35.2 Å². The molecule has 4 aromatic carbocycles. The summed E-state index contributed by atoms with van der Waals surface area (Å²) in [5.74, 6) is 7.40. The number of aryl methyl sites for hydroxylation is 1. The Morgan fingerprint density at radius 2 is 1.54 bits per heavy atom. The molecule has 0 radical (unpaired) electrons. The topological polar surface area (TPSA) is 165 Å². The lowest BCUT2D eigenvalue weighted by molar-refractivity contribution is -0.0929. The Kier molecular flexibility index (Phi) is 18.2. The first-order valence-electron chi connectivity index (χ1n) is 23.5. The van der Waals surface area contributed by atoms with Gasteiger partial charge in [0.25, 0.3) is 8.53 Å². The Morgan fingerprint density at radius 3 is 2.14 bits per heavy atom. The van der Waals surface area contributed by atoms with E-state index < -0.39 is 38.5 Å². The van der Waals surface area contributed by atoms with Crippen molar-refractivity contribution in [2.75, 3.05) is 47.1 Å². The van der Waals surface area contributed by atoms with Crippen molar-refractivity contribution in [1.29, 1.82) is 5.26 Å². The minimum atomic E-state index is -1.65. The van der Waals surface area contributed by atoms with Gasteiger partial charge in [-0.25, -0.2) is 29.1 Å². The second kappa shape index (κ2) is 24.8. The number of esters is 1. The molecule has 0 amide bonds. The van der Waals surface area contributed by atoms with Crippen molar-refractivity contribution in [2.24, 2.45) is 4.99 Å². The van der Waals surface area contributed by atoms with Gasteiger partial charge in [0, 0.05) is 25.2 Å². The zero-order valence-electron chi connectivity index (χ0n) is 40.8. The van der Waals surface area contributed by atoms with Gasteiger partial charge in [0.05, 0.1) is 57.0 Å². The Bertz CT molecular complexity index is 2730. The van der Waals surface area contributed by atoms with Crippen LogP contribution < -0.4 is 9.47 Å². The quantitative estimate of drug-likeness (QED) is 0.0158. The lowest BCUT2D eigenvalue weighted by Crippen LogP contribution is -2.38. The van der Waals surface area contributed by atoms with E-state index in [0.29, 0.717) is 46.0 Å². The fourth-order valence-corrected chi connectivity index (χ4v) is 9.97. The van der Waals surface area contributed by atoms with Crippen LogP contribution in [0.3, 0.4) is 0 Å². The molecule has 364 valence electrons. The van der Waals surface area contributed by atoms with Crippen molar-refractivity contribution in [2.45, 2.75) is 84.3 Å². The van der Waals surface area contributed by atoms with Gasteiger partial charge in [-0.3, -0.25) is 0 Å². The molecule has 2 aromatic heterocycles. The largest absolute Gasteiger partial charge is 0.497 e. The molecule has 6 aromatic rings. The summed E-state index contributed by atoms with van der Waals surface area (Å²) in [6.07, 6.45) is 1.70. The second-order valence-electron chi connectivity index (χ2n) is 16.7. The normalized spacial score (nSPS) is 16.0. The maximum atomic E-state index is 12.8. The highest BCUT2D eigenvalue weighted by Crippen LogP contribution is 2.49. The first kappa shape index (κ1) is 51.3. The highest BCUT2D eigenvalue weighted by Gasteiger charge is 2.45. The van der Waals surface area contributed by atoms with Crippen LogP contribution in [0.25, 0.3) is 11.0 Å². The molecule has 2 unspecified atom stereocenters. The van der Waals surface area contributed by atoms with Crippen LogP contribution >= 0.6 is 8.53 Å². The van der Waals surface area contributed by atoms with Crippen molar-refractivity contribution in [3.05, 3.63) is 143 Å². The van der Waals surface area contributed by atoms with Crippen LogP contribution in [-0.2, 0) is 28.9 Å². The first-order chi connectivity index (χ1) is 34.1. The number of hydrogen-bond acceptors (Lipinski definition) is 14. The van der Waals surface area contributed by atoms with E-state index in [1.54, 1.807) is 31.0 Å². The molecular formula is C54H60N7O8P. The predicted molar refractivity (Wildman–Crippen MR) is 269 cm³/mol. The van der Waals surface area contributed by atoms with Crippen LogP contribution in [0, 0.1) is 30.1 Å². The molecule has 7 rings (SSSR count). The molecule has 0 saturated carbocycles. The van der Waals surface area contributed by atoms with E-state index in [1.807, 2.05) is 99.6 Å². The molecule has 4 atom stereocenters. The summed E-state index contributed by atoms with van der Waals surface area (Å²) in [5, 5.41) is 15.1. The smallest absolute Gasteiger partial charge is 0.339 e. The van der Waals surface area contributed by atoms with Crippen molar-refractivity contribution >= 4 is 37.1 Å². The zero-order chi connectivity index (χ0) is 49.5. The average molecular weight is 966 g/mol. The fourth-order valence-electron chi connectivity index (χ4n) is 8.18. The number of aliphatic imine (C=N–C) groups is 1. The van der Waals surface area contributed by atoms with Crippen LogP contribution in [0.4, 0.5) is 5.82 Å². The maximum absolute atomic E-state index is 12.8. The van der Waals surface area contributed by atoms with Crippen LogP contribution in [-0.4, -0.2) is 95.4 Å². The van der Waals surface area contributed by atoms with E-state index in [4.69, 9.17) is 47.8 Å². The number of rotatable bonds is 22. The van der Waals surface area contributed by atoms with Gasteiger partial charge in [0.2, 0.25) is 0 Å². The second-order valence-corrected chi connectivity index (χ2v) is 18.3. The van der Waals surface area contributed by atoms with E-state index in [9.17, 15) is 10.1 Å². The van der Waals surface area contributed by atoms with Crippen molar-refractivity contribution in [3.63, 3.8) is 0 Å². The molecule has 16 heteroatoms. The number of carbonyl (C=O) groups is 1. The van der Waals surface area contributed by atoms with Crippen molar-refractivity contribution in [3.8, 4) is 29.4 Å². The maximum Gasteiger partial charge on any atom is 0.339 e. The average Bonchev–Trinajstić information content (AvgIpc) is 3.97. The number of fused-ring (bicyclic) bond motifs is 1. The number of benzene rings is 4. The third kappa shape index (κ3) is 12.2. The van der Waals surface area contributed by atoms with Crippen molar-refractivity contribution in [1.82, 2.24) is 24.4 Å². The lowest BCUT2D eigenvalue weighted by Gasteiger charge is -2.37. The standard InChI is InChI=1S/C54H60N7O8P/c1-8-31-60(32-9-2)70(67-34-14-30-55)69-47-35-49(61-52-50(51(56-37-57-52)58-38(3)4)46(59-61)17-13-33-65-53(62)40-20-18-39(5)19-21-40)68-48(47)36-66-54(41-15-11-10-12-16-41,42-22-26-44(63-6)27-23-42)43-24-28-45(64-7)29-25-43/h10-12,15-16,18-29,37,47-49H,8-9,14,31-36H2,1-7H3/t47?,48-,49-,70?/m1/s1. The summed E-state index contributed by atoms with van der Waals surface area (Å²) in [6, 6.07) is 35.2. The molecule has 0 N–H and O–H groups in total. The molecule has 0 bridgehead atoms. The van der Waals surface area contributed by atoms with E-state index in [0.717, 1.165) is 53.9 Å². The van der Waals surface area contributed by atoms with Crippen LogP contribution in [0.2, 0.25) is 0 Å². The van der Waals surface area contributed by atoms with Gasteiger partial charge in [-0.2, -0.15) is 10.4 Å². The summed E-state index contributed by atoms with van der Waals surface area (Å²) in [7, 11) is 1.63. The highest BCUT2D eigenvalue weighted by molar-refractivity contribution is 7.44. The summed E-state index contributed by atoms with van der Waals surface area (Å²) in [6.45, 7) is 11.5. The van der Waals surface area contributed by atoms with Crippen LogP contribution in [0.15, 0.2) is 114 Å². The number of methoxy groups -OCH3 is 2. The number of aromatic nitrogens is 4. The third-order valence-electron chi connectivity index (χ3n) is 11.5. The minimum Gasteiger partial charge on any atom is -0.497 e. The van der Waals surface area contributed by atoms with Gasteiger partial charge >= 0.3 is 5.97 Å². The molecule has 15 nitrogen and oxygen atoms in total. The molecule has 1 aliphatic rings. The highest BCUT2D eigenvalue weighted by atomic mass is 31.2.